The zero-order chi connectivity index (χ0) is 14.1. The Bertz CT molecular complexity index is 795. The van der Waals surface area contributed by atoms with Crippen LogP contribution in [0.15, 0.2) is 48.8 Å². The van der Waals surface area contributed by atoms with Crippen LogP contribution in [0.5, 0.6) is 0 Å². The Morgan fingerprint density at radius 2 is 2.05 bits per heavy atom. The molecule has 5 heteroatoms. The number of hydrogen-bond donors (Lipinski definition) is 1. The second-order valence-electron chi connectivity index (χ2n) is 4.49. The van der Waals surface area contributed by atoms with Crippen LogP contribution >= 0.6 is 0 Å². The molecule has 0 fully saturated rings. The van der Waals surface area contributed by atoms with Gasteiger partial charge in [0.05, 0.1) is 22.9 Å². The summed E-state index contributed by atoms with van der Waals surface area (Å²) in [4.78, 5) is 16.2. The van der Waals surface area contributed by atoms with Crippen molar-refractivity contribution in [3.8, 4) is 0 Å². The average Bonchev–Trinajstić information content (AvgIpc) is 2.80. The lowest BCUT2D eigenvalue weighted by Crippen LogP contribution is -2.13. The van der Waals surface area contributed by atoms with Gasteiger partial charge in [-0.05, 0) is 30.3 Å². The molecule has 0 saturated heterocycles. The maximum atomic E-state index is 13.5. The topological polar surface area (TPSA) is 46.9 Å². The zero-order valence-electron chi connectivity index (χ0n) is 10.8. The van der Waals surface area contributed by atoms with Crippen molar-refractivity contribution >= 4 is 22.6 Å². The van der Waals surface area contributed by atoms with Gasteiger partial charge in [-0.25, -0.2) is 9.37 Å². The molecule has 0 unspecified atom stereocenters. The smallest absolute Gasteiger partial charge is 0.258 e. The van der Waals surface area contributed by atoms with E-state index in [0.29, 0.717) is 5.69 Å². The summed E-state index contributed by atoms with van der Waals surface area (Å²) in [5, 5.41) is 2.67. The Labute approximate surface area is 114 Å². The Hall–Kier alpha value is -2.69. The number of anilines is 1. The van der Waals surface area contributed by atoms with E-state index < -0.39 is 11.7 Å². The lowest BCUT2D eigenvalue weighted by atomic mass is 10.2. The van der Waals surface area contributed by atoms with Crippen molar-refractivity contribution in [3.63, 3.8) is 0 Å². The van der Waals surface area contributed by atoms with Crippen LogP contribution in [0.25, 0.3) is 11.0 Å². The number of hydrogen-bond acceptors (Lipinski definition) is 2. The third-order valence-corrected chi connectivity index (χ3v) is 3.10. The molecular formula is C15H12FN3O. The molecular weight excluding hydrogens is 257 g/mol. The van der Waals surface area contributed by atoms with E-state index in [4.69, 9.17) is 0 Å². The highest BCUT2D eigenvalue weighted by Gasteiger charge is 2.11. The number of rotatable bonds is 2. The number of aromatic nitrogens is 2. The first-order valence-corrected chi connectivity index (χ1v) is 6.12. The molecule has 0 aliphatic carbocycles. The summed E-state index contributed by atoms with van der Waals surface area (Å²) in [6.45, 7) is 0. The number of carbonyl (C=O) groups is 1. The minimum absolute atomic E-state index is 0.0219. The summed E-state index contributed by atoms with van der Waals surface area (Å²) in [6, 6.07) is 11.3. The largest absolute Gasteiger partial charge is 0.334 e. The monoisotopic (exact) mass is 269 g/mol. The molecule has 1 aromatic heterocycles. The molecule has 0 saturated carbocycles. The molecule has 3 rings (SSSR count). The first-order valence-electron chi connectivity index (χ1n) is 6.12. The third kappa shape index (κ3) is 2.14. The van der Waals surface area contributed by atoms with E-state index in [1.54, 1.807) is 30.6 Å². The molecule has 4 nitrogen and oxygen atoms in total. The molecule has 0 aliphatic heterocycles. The summed E-state index contributed by atoms with van der Waals surface area (Å²) in [5.74, 6) is -1.01. The quantitative estimate of drug-likeness (QED) is 0.777. The number of carbonyl (C=O) groups excluding carboxylic acids is 1. The van der Waals surface area contributed by atoms with Crippen molar-refractivity contribution in [3.05, 3.63) is 60.2 Å². The molecule has 2 aromatic carbocycles. The van der Waals surface area contributed by atoms with E-state index >= 15 is 0 Å². The number of imidazole rings is 1. The summed E-state index contributed by atoms with van der Waals surface area (Å²) >= 11 is 0. The highest BCUT2D eigenvalue weighted by Crippen LogP contribution is 2.18. The van der Waals surface area contributed by atoms with Crippen LogP contribution in [-0.2, 0) is 7.05 Å². The fourth-order valence-corrected chi connectivity index (χ4v) is 2.06. The van der Waals surface area contributed by atoms with Crippen molar-refractivity contribution in [2.75, 3.05) is 5.32 Å². The molecule has 0 aliphatic rings. The maximum absolute atomic E-state index is 13.5. The predicted molar refractivity (Wildman–Crippen MR) is 75.1 cm³/mol. The van der Waals surface area contributed by atoms with Crippen molar-refractivity contribution < 1.29 is 9.18 Å². The van der Waals surface area contributed by atoms with E-state index in [-0.39, 0.29) is 5.56 Å². The third-order valence-electron chi connectivity index (χ3n) is 3.10. The van der Waals surface area contributed by atoms with Crippen LogP contribution in [0.3, 0.4) is 0 Å². The van der Waals surface area contributed by atoms with E-state index in [0.717, 1.165) is 11.0 Å². The van der Waals surface area contributed by atoms with E-state index in [2.05, 4.69) is 10.3 Å². The van der Waals surface area contributed by atoms with Gasteiger partial charge in [-0.2, -0.15) is 0 Å². The highest BCUT2D eigenvalue weighted by atomic mass is 19.1. The molecule has 1 heterocycles. The normalized spacial score (nSPS) is 10.7. The lowest BCUT2D eigenvalue weighted by Gasteiger charge is -2.06. The van der Waals surface area contributed by atoms with Crippen LogP contribution < -0.4 is 5.32 Å². The summed E-state index contributed by atoms with van der Waals surface area (Å²) in [6.07, 6.45) is 1.70. The van der Waals surface area contributed by atoms with Crippen molar-refractivity contribution in [2.24, 2.45) is 7.05 Å². The van der Waals surface area contributed by atoms with Crippen LogP contribution in [0, 0.1) is 5.82 Å². The maximum Gasteiger partial charge on any atom is 0.258 e. The van der Waals surface area contributed by atoms with Gasteiger partial charge in [0.25, 0.3) is 5.91 Å². The molecule has 1 amide bonds. The minimum atomic E-state index is -0.538. The summed E-state index contributed by atoms with van der Waals surface area (Å²) in [5.41, 5.74) is 2.35. The number of benzene rings is 2. The fourth-order valence-electron chi connectivity index (χ4n) is 2.06. The summed E-state index contributed by atoms with van der Waals surface area (Å²) < 4.78 is 15.4. The number of halogens is 1. The zero-order valence-corrected chi connectivity index (χ0v) is 10.8. The van der Waals surface area contributed by atoms with Crippen LogP contribution in [-0.4, -0.2) is 15.5 Å². The molecule has 0 bridgehead atoms. The van der Waals surface area contributed by atoms with Crippen LogP contribution in [0.4, 0.5) is 10.1 Å². The Balaban J connectivity index is 1.89. The number of aryl methyl sites for hydroxylation is 1. The Kier molecular flexibility index (Phi) is 2.95. The fraction of sp³-hybridized carbons (Fsp3) is 0.0667. The van der Waals surface area contributed by atoms with E-state index in [1.165, 1.54) is 12.1 Å². The molecule has 0 radical (unpaired) electrons. The average molecular weight is 269 g/mol. The Morgan fingerprint density at radius 1 is 1.25 bits per heavy atom. The van der Waals surface area contributed by atoms with Crippen molar-refractivity contribution in [1.29, 1.82) is 0 Å². The Morgan fingerprint density at radius 3 is 2.85 bits per heavy atom. The van der Waals surface area contributed by atoms with Gasteiger partial charge in [0.1, 0.15) is 5.82 Å². The number of nitrogens with one attached hydrogen (secondary N) is 1. The minimum Gasteiger partial charge on any atom is -0.334 e. The van der Waals surface area contributed by atoms with Gasteiger partial charge in [0.2, 0.25) is 0 Å². The van der Waals surface area contributed by atoms with Crippen molar-refractivity contribution in [1.82, 2.24) is 9.55 Å². The van der Waals surface area contributed by atoms with E-state index in [1.807, 2.05) is 17.7 Å². The number of nitrogens with zero attached hydrogens (tertiary/aromatic N) is 2. The predicted octanol–water partition coefficient (Wildman–Crippen LogP) is 2.96. The van der Waals surface area contributed by atoms with Gasteiger partial charge in [0.15, 0.2) is 0 Å². The van der Waals surface area contributed by atoms with Gasteiger partial charge < -0.3 is 9.88 Å². The van der Waals surface area contributed by atoms with Gasteiger partial charge in [-0.3, -0.25) is 4.79 Å². The summed E-state index contributed by atoms with van der Waals surface area (Å²) in [7, 11) is 1.90. The molecule has 3 aromatic rings. The van der Waals surface area contributed by atoms with Gasteiger partial charge in [0, 0.05) is 12.7 Å². The first-order chi connectivity index (χ1) is 9.65. The highest BCUT2D eigenvalue weighted by molar-refractivity contribution is 6.05. The van der Waals surface area contributed by atoms with Crippen LogP contribution in [0.1, 0.15) is 10.4 Å². The first kappa shape index (κ1) is 12.3. The molecule has 0 atom stereocenters. The lowest BCUT2D eigenvalue weighted by molar-refractivity contribution is 0.102. The second-order valence-corrected chi connectivity index (χ2v) is 4.49. The van der Waals surface area contributed by atoms with Crippen molar-refractivity contribution in [2.45, 2.75) is 0 Å². The number of amides is 1. The van der Waals surface area contributed by atoms with E-state index in [9.17, 15) is 9.18 Å². The second kappa shape index (κ2) is 4.77. The molecule has 20 heavy (non-hydrogen) atoms. The van der Waals surface area contributed by atoms with Gasteiger partial charge in [-0.1, -0.05) is 12.1 Å². The van der Waals surface area contributed by atoms with Crippen LogP contribution in [0.2, 0.25) is 0 Å². The molecule has 1 N–H and O–H groups in total. The van der Waals surface area contributed by atoms with Gasteiger partial charge >= 0.3 is 0 Å². The SMILES string of the molecule is Cn1cnc2cc(NC(=O)c3ccccc3F)ccc21. The standard InChI is InChI=1S/C15H12FN3O/c1-19-9-17-13-8-10(6-7-14(13)19)18-15(20)11-4-2-3-5-12(11)16/h2-9H,1H3,(H,18,20). The molecule has 0 spiro atoms. The van der Waals surface area contributed by atoms with Gasteiger partial charge in [-0.15, -0.1) is 0 Å². The number of fused-ring (bicyclic) bond motifs is 1. The molecule has 100 valence electrons.